The highest BCUT2D eigenvalue weighted by atomic mass is 16.5. The molecule has 0 aromatic heterocycles. The van der Waals surface area contributed by atoms with Crippen LogP contribution in [0.1, 0.15) is 6.42 Å². The summed E-state index contributed by atoms with van der Waals surface area (Å²) in [5.74, 6) is -2.06. The van der Waals surface area contributed by atoms with Crippen molar-refractivity contribution in [3.63, 3.8) is 0 Å². The molecule has 0 fully saturated rings. The van der Waals surface area contributed by atoms with Gasteiger partial charge in [-0.25, -0.2) is 9.59 Å². The molecule has 1 atom stereocenters. The van der Waals surface area contributed by atoms with Gasteiger partial charge in [0.25, 0.3) is 0 Å². The quantitative estimate of drug-likeness (QED) is 0.592. The smallest absolute Gasteiger partial charge is 0.407 e. The lowest BCUT2D eigenvalue weighted by molar-refractivity contribution is -0.147. The monoisotopic (exact) mass is 205 g/mol. The molecule has 0 saturated carbocycles. The molecule has 0 unspecified atom stereocenters. The highest BCUT2D eigenvalue weighted by molar-refractivity contribution is 5.85. The molecule has 0 spiro atoms. The molecule has 0 aromatic carbocycles. The van der Waals surface area contributed by atoms with Crippen molar-refractivity contribution in [3.8, 4) is 0 Å². The van der Waals surface area contributed by atoms with Gasteiger partial charge >= 0.3 is 18.0 Å². The largest absolute Gasteiger partial charge is 0.480 e. The van der Waals surface area contributed by atoms with Crippen molar-refractivity contribution in [2.75, 3.05) is 14.2 Å². The number of hydrogen-bond acceptors (Lipinski definition) is 5. The van der Waals surface area contributed by atoms with E-state index in [1.807, 2.05) is 5.32 Å². The third kappa shape index (κ3) is 4.29. The third-order valence-electron chi connectivity index (χ3n) is 1.37. The third-order valence-corrected chi connectivity index (χ3v) is 1.37. The van der Waals surface area contributed by atoms with Crippen molar-refractivity contribution in [1.82, 2.24) is 5.32 Å². The number of carbonyl (C=O) groups excluding carboxylic acids is 2. The van der Waals surface area contributed by atoms with E-state index in [2.05, 4.69) is 9.47 Å². The average molecular weight is 205 g/mol. The SMILES string of the molecule is COC(=O)C[C@H](NC(=O)OC)C(=O)O. The van der Waals surface area contributed by atoms with Gasteiger partial charge in [-0.2, -0.15) is 0 Å². The summed E-state index contributed by atoms with van der Waals surface area (Å²) in [6, 6.07) is -1.34. The van der Waals surface area contributed by atoms with Crippen LogP contribution >= 0.6 is 0 Å². The Balaban J connectivity index is 4.23. The van der Waals surface area contributed by atoms with E-state index >= 15 is 0 Å². The fourth-order valence-corrected chi connectivity index (χ4v) is 0.651. The maximum Gasteiger partial charge on any atom is 0.407 e. The maximum atomic E-state index is 10.7. The van der Waals surface area contributed by atoms with Crippen LogP contribution in [0.3, 0.4) is 0 Å². The number of hydrogen-bond donors (Lipinski definition) is 2. The number of nitrogens with one attached hydrogen (secondary N) is 1. The molecule has 0 bridgehead atoms. The van der Waals surface area contributed by atoms with E-state index in [4.69, 9.17) is 5.11 Å². The van der Waals surface area contributed by atoms with Gasteiger partial charge in [-0.3, -0.25) is 4.79 Å². The number of amides is 1. The predicted molar refractivity (Wildman–Crippen MR) is 43.6 cm³/mol. The Hall–Kier alpha value is -1.79. The predicted octanol–water partition coefficient (Wildman–Crippen LogP) is -0.641. The number of carboxylic acids is 1. The molecule has 0 aliphatic carbocycles. The minimum atomic E-state index is -1.34. The van der Waals surface area contributed by atoms with Crippen molar-refractivity contribution < 1.29 is 29.0 Å². The lowest BCUT2D eigenvalue weighted by Crippen LogP contribution is -2.42. The number of aliphatic carboxylic acids is 1. The zero-order valence-electron chi connectivity index (χ0n) is 7.77. The van der Waals surface area contributed by atoms with Crippen LogP contribution in [0.15, 0.2) is 0 Å². The summed E-state index contributed by atoms with van der Waals surface area (Å²) in [4.78, 5) is 31.9. The summed E-state index contributed by atoms with van der Waals surface area (Å²) in [6.45, 7) is 0. The second-order valence-corrected chi connectivity index (χ2v) is 2.31. The number of carbonyl (C=O) groups is 3. The Bertz CT molecular complexity index is 220. The molecule has 0 radical (unpaired) electrons. The summed E-state index contributed by atoms with van der Waals surface area (Å²) in [7, 11) is 2.21. The van der Waals surface area contributed by atoms with Crippen LogP contribution < -0.4 is 5.32 Å². The topological polar surface area (TPSA) is 102 Å². The van der Waals surface area contributed by atoms with Gasteiger partial charge in [0.2, 0.25) is 0 Å². The second-order valence-electron chi connectivity index (χ2n) is 2.31. The van der Waals surface area contributed by atoms with Gasteiger partial charge in [0, 0.05) is 0 Å². The van der Waals surface area contributed by atoms with E-state index in [0.717, 1.165) is 14.2 Å². The molecule has 2 N–H and O–H groups in total. The van der Waals surface area contributed by atoms with Gasteiger partial charge in [-0.15, -0.1) is 0 Å². The van der Waals surface area contributed by atoms with Crippen LogP contribution in [0.4, 0.5) is 4.79 Å². The highest BCUT2D eigenvalue weighted by Gasteiger charge is 2.23. The number of methoxy groups -OCH3 is 2. The standard InChI is InChI=1S/C7H11NO6/c1-13-5(9)3-4(6(10)11)8-7(12)14-2/h4H,3H2,1-2H3,(H,8,12)(H,10,11)/t4-/m0/s1. The fourth-order valence-electron chi connectivity index (χ4n) is 0.651. The van der Waals surface area contributed by atoms with Crippen LogP contribution in [-0.2, 0) is 19.1 Å². The Labute approximate surface area is 80.0 Å². The molecule has 0 heterocycles. The average Bonchev–Trinajstić information content (AvgIpc) is 2.16. The van der Waals surface area contributed by atoms with Crippen LogP contribution in [0.25, 0.3) is 0 Å². The molecule has 7 heteroatoms. The molecule has 7 nitrogen and oxygen atoms in total. The van der Waals surface area contributed by atoms with Gasteiger partial charge in [-0.05, 0) is 0 Å². The van der Waals surface area contributed by atoms with Gasteiger partial charge in [0.15, 0.2) is 0 Å². The molecule has 0 aromatic rings. The maximum absolute atomic E-state index is 10.7. The highest BCUT2D eigenvalue weighted by Crippen LogP contribution is 1.95. The van der Waals surface area contributed by atoms with Crippen LogP contribution in [-0.4, -0.2) is 43.4 Å². The Kier molecular flexibility index (Phi) is 5.05. The molecular weight excluding hydrogens is 194 g/mol. The molecule has 80 valence electrons. The Morgan fingerprint density at radius 2 is 1.86 bits per heavy atom. The van der Waals surface area contributed by atoms with E-state index in [0.29, 0.717) is 0 Å². The van der Waals surface area contributed by atoms with Gasteiger partial charge in [-0.1, -0.05) is 0 Å². The minimum Gasteiger partial charge on any atom is -0.480 e. The molecule has 0 rings (SSSR count). The van der Waals surface area contributed by atoms with Gasteiger partial charge < -0.3 is 19.9 Å². The summed E-state index contributed by atoms with van der Waals surface area (Å²) in [5, 5.41) is 10.6. The van der Waals surface area contributed by atoms with Crippen LogP contribution in [0.2, 0.25) is 0 Å². The lowest BCUT2D eigenvalue weighted by atomic mass is 10.2. The van der Waals surface area contributed by atoms with Crippen molar-refractivity contribution >= 4 is 18.0 Å². The number of ether oxygens (including phenoxy) is 2. The number of esters is 1. The second kappa shape index (κ2) is 5.79. The van der Waals surface area contributed by atoms with E-state index in [1.165, 1.54) is 0 Å². The van der Waals surface area contributed by atoms with Gasteiger partial charge in [0.1, 0.15) is 6.04 Å². The number of alkyl carbamates (subject to hydrolysis) is 1. The first kappa shape index (κ1) is 12.2. The Morgan fingerprint density at radius 3 is 2.21 bits per heavy atom. The zero-order chi connectivity index (χ0) is 11.1. The molecule has 0 saturated heterocycles. The van der Waals surface area contributed by atoms with Gasteiger partial charge in [0.05, 0.1) is 20.6 Å². The van der Waals surface area contributed by atoms with Crippen molar-refractivity contribution in [1.29, 1.82) is 0 Å². The first-order valence-corrected chi connectivity index (χ1v) is 3.65. The van der Waals surface area contributed by atoms with E-state index in [-0.39, 0.29) is 0 Å². The number of carboxylic acid groups (broad SMARTS) is 1. The molecule has 0 aliphatic rings. The van der Waals surface area contributed by atoms with Crippen LogP contribution in [0.5, 0.6) is 0 Å². The van der Waals surface area contributed by atoms with Crippen molar-refractivity contribution in [2.45, 2.75) is 12.5 Å². The molecular formula is C7H11NO6. The van der Waals surface area contributed by atoms with Crippen molar-refractivity contribution in [3.05, 3.63) is 0 Å². The summed E-state index contributed by atoms with van der Waals surface area (Å²) < 4.78 is 8.43. The molecule has 1 amide bonds. The number of rotatable bonds is 4. The van der Waals surface area contributed by atoms with Crippen LogP contribution in [0, 0.1) is 0 Å². The first-order valence-electron chi connectivity index (χ1n) is 3.65. The zero-order valence-corrected chi connectivity index (χ0v) is 7.77. The Morgan fingerprint density at radius 1 is 1.29 bits per heavy atom. The van der Waals surface area contributed by atoms with Crippen molar-refractivity contribution in [2.24, 2.45) is 0 Å². The first-order chi connectivity index (χ1) is 6.51. The summed E-state index contributed by atoms with van der Waals surface area (Å²) in [6.07, 6.45) is -1.36. The fraction of sp³-hybridized carbons (Fsp3) is 0.571. The van der Waals surface area contributed by atoms with E-state index in [9.17, 15) is 14.4 Å². The summed E-state index contributed by atoms with van der Waals surface area (Å²) in [5.41, 5.74) is 0. The van der Waals surface area contributed by atoms with E-state index < -0.39 is 30.5 Å². The minimum absolute atomic E-state index is 0.444. The van der Waals surface area contributed by atoms with E-state index in [1.54, 1.807) is 0 Å². The molecule has 0 aliphatic heterocycles. The molecule has 14 heavy (non-hydrogen) atoms. The lowest BCUT2D eigenvalue weighted by Gasteiger charge is -2.11. The summed E-state index contributed by atoms with van der Waals surface area (Å²) >= 11 is 0. The normalized spacial score (nSPS) is 11.3.